The van der Waals surface area contributed by atoms with Gasteiger partial charge in [-0.25, -0.2) is 9.37 Å². The summed E-state index contributed by atoms with van der Waals surface area (Å²) in [7, 11) is 1.64. The molecule has 0 radical (unpaired) electrons. The van der Waals surface area contributed by atoms with E-state index in [4.69, 9.17) is 9.47 Å². The Hall–Kier alpha value is -3.60. The molecule has 1 aromatic heterocycles. The van der Waals surface area contributed by atoms with Gasteiger partial charge in [-0.15, -0.1) is 0 Å². The molecule has 146 valence electrons. The first-order chi connectivity index (χ1) is 14.2. The van der Waals surface area contributed by atoms with Crippen molar-refractivity contribution in [2.24, 2.45) is 0 Å². The van der Waals surface area contributed by atoms with Crippen molar-refractivity contribution in [3.8, 4) is 11.5 Å². The Morgan fingerprint density at radius 3 is 2.59 bits per heavy atom. The summed E-state index contributed by atoms with van der Waals surface area (Å²) < 4.78 is 24.4. The molecule has 0 saturated carbocycles. The van der Waals surface area contributed by atoms with Crippen molar-refractivity contribution >= 4 is 16.7 Å². The fourth-order valence-electron chi connectivity index (χ4n) is 3.08. The van der Waals surface area contributed by atoms with Crippen molar-refractivity contribution in [1.29, 1.82) is 0 Å². The number of halogens is 1. The molecule has 0 bridgehead atoms. The summed E-state index contributed by atoms with van der Waals surface area (Å²) in [4.78, 5) is 4.64. The monoisotopic (exact) mass is 388 g/mol. The van der Waals surface area contributed by atoms with Crippen LogP contribution in [0.1, 0.15) is 11.1 Å². The lowest BCUT2D eigenvalue weighted by Crippen LogP contribution is -2.04. The van der Waals surface area contributed by atoms with Crippen LogP contribution in [0.3, 0.4) is 0 Å². The highest BCUT2D eigenvalue weighted by molar-refractivity contribution is 5.80. The van der Waals surface area contributed by atoms with Gasteiger partial charge in [0.2, 0.25) is 0 Å². The standard InChI is InChI=1S/C24H21FN2O2/c1-28-23-12-11-21(29-16-17-6-9-20(25)10-7-17)14-19(23)15-26-24-13-8-18-4-2-3-5-22(18)27-24/h2-14H,15-16H2,1H3,(H,26,27). The lowest BCUT2D eigenvalue weighted by atomic mass is 10.1. The number of hydrogen-bond acceptors (Lipinski definition) is 4. The summed E-state index contributed by atoms with van der Waals surface area (Å²) in [5.74, 6) is 2.03. The minimum atomic E-state index is -0.256. The first kappa shape index (κ1) is 18.7. The van der Waals surface area contributed by atoms with Gasteiger partial charge in [0.25, 0.3) is 0 Å². The lowest BCUT2D eigenvalue weighted by molar-refractivity contribution is 0.305. The van der Waals surface area contributed by atoms with Gasteiger partial charge in [0.15, 0.2) is 0 Å². The van der Waals surface area contributed by atoms with Gasteiger partial charge in [0.05, 0.1) is 12.6 Å². The molecule has 1 heterocycles. The quantitative estimate of drug-likeness (QED) is 0.449. The summed E-state index contributed by atoms with van der Waals surface area (Å²) in [6, 6.07) is 24.0. The second kappa shape index (κ2) is 8.61. The number of pyridine rings is 1. The van der Waals surface area contributed by atoms with Crippen LogP contribution >= 0.6 is 0 Å². The van der Waals surface area contributed by atoms with Gasteiger partial charge >= 0.3 is 0 Å². The minimum Gasteiger partial charge on any atom is -0.496 e. The largest absolute Gasteiger partial charge is 0.496 e. The van der Waals surface area contributed by atoms with Gasteiger partial charge in [0.1, 0.15) is 29.7 Å². The zero-order chi connectivity index (χ0) is 20.1. The molecule has 0 aliphatic heterocycles. The molecule has 3 aromatic carbocycles. The van der Waals surface area contributed by atoms with Crippen LogP contribution in [-0.2, 0) is 13.2 Å². The van der Waals surface area contributed by atoms with Crippen LogP contribution in [0.4, 0.5) is 10.2 Å². The first-order valence-electron chi connectivity index (χ1n) is 9.35. The van der Waals surface area contributed by atoms with Crippen molar-refractivity contribution in [1.82, 2.24) is 4.98 Å². The number of rotatable bonds is 7. The number of para-hydroxylation sites is 1. The Morgan fingerprint density at radius 1 is 0.931 bits per heavy atom. The zero-order valence-electron chi connectivity index (χ0n) is 16.1. The Morgan fingerprint density at radius 2 is 1.76 bits per heavy atom. The molecular weight excluding hydrogens is 367 g/mol. The maximum Gasteiger partial charge on any atom is 0.126 e. The van der Waals surface area contributed by atoms with Crippen LogP contribution < -0.4 is 14.8 Å². The first-order valence-corrected chi connectivity index (χ1v) is 9.35. The van der Waals surface area contributed by atoms with Crippen LogP contribution in [0.15, 0.2) is 78.9 Å². The number of nitrogens with zero attached hydrogens (tertiary/aromatic N) is 1. The van der Waals surface area contributed by atoms with Gasteiger partial charge in [-0.2, -0.15) is 0 Å². The lowest BCUT2D eigenvalue weighted by Gasteiger charge is -2.13. The Balaban J connectivity index is 1.46. The van der Waals surface area contributed by atoms with Crippen LogP contribution in [0.2, 0.25) is 0 Å². The van der Waals surface area contributed by atoms with Crippen LogP contribution in [0, 0.1) is 5.82 Å². The number of anilines is 1. The van der Waals surface area contributed by atoms with Crippen molar-refractivity contribution in [2.45, 2.75) is 13.2 Å². The summed E-state index contributed by atoms with van der Waals surface area (Å²) in [6.07, 6.45) is 0. The molecule has 0 aliphatic rings. The van der Waals surface area contributed by atoms with Crippen LogP contribution in [0.5, 0.6) is 11.5 Å². The predicted octanol–water partition coefficient (Wildman–Crippen LogP) is 5.57. The molecule has 1 N–H and O–H groups in total. The maximum atomic E-state index is 13.0. The van der Waals surface area contributed by atoms with E-state index in [9.17, 15) is 4.39 Å². The van der Waals surface area contributed by atoms with Crippen molar-refractivity contribution in [3.05, 3.63) is 95.8 Å². The molecule has 29 heavy (non-hydrogen) atoms. The SMILES string of the molecule is COc1ccc(OCc2ccc(F)cc2)cc1CNc1ccc2ccccc2n1. The van der Waals surface area contributed by atoms with Crippen molar-refractivity contribution < 1.29 is 13.9 Å². The number of nitrogens with one attached hydrogen (secondary N) is 1. The second-order valence-corrected chi connectivity index (χ2v) is 6.63. The molecule has 0 atom stereocenters. The Bertz CT molecular complexity index is 1110. The Labute approximate surface area is 168 Å². The number of ether oxygens (including phenoxy) is 2. The fourth-order valence-corrected chi connectivity index (χ4v) is 3.08. The van der Waals surface area contributed by atoms with Gasteiger partial charge in [-0.1, -0.05) is 30.3 Å². The van der Waals surface area contributed by atoms with E-state index in [1.165, 1.54) is 12.1 Å². The van der Waals surface area contributed by atoms with E-state index in [1.54, 1.807) is 19.2 Å². The fraction of sp³-hybridized carbons (Fsp3) is 0.125. The van der Waals surface area contributed by atoms with Gasteiger partial charge in [-0.05, 0) is 54.1 Å². The number of methoxy groups -OCH3 is 1. The van der Waals surface area contributed by atoms with Gasteiger partial charge < -0.3 is 14.8 Å². The number of aromatic nitrogens is 1. The molecule has 0 amide bonds. The number of hydrogen-bond donors (Lipinski definition) is 1. The number of fused-ring (bicyclic) bond motifs is 1. The minimum absolute atomic E-state index is 0.256. The normalized spacial score (nSPS) is 10.7. The predicted molar refractivity (Wildman–Crippen MR) is 113 cm³/mol. The molecule has 0 unspecified atom stereocenters. The molecule has 0 saturated heterocycles. The van der Waals surface area contributed by atoms with Crippen LogP contribution in [-0.4, -0.2) is 12.1 Å². The summed E-state index contributed by atoms with van der Waals surface area (Å²) in [5, 5.41) is 4.45. The van der Waals surface area contributed by atoms with E-state index < -0.39 is 0 Å². The zero-order valence-corrected chi connectivity index (χ0v) is 16.1. The molecule has 5 heteroatoms. The third-order valence-corrected chi connectivity index (χ3v) is 4.63. The van der Waals surface area contributed by atoms with E-state index in [0.717, 1.165) is 39.3 Å². The highest BCUT2D eigenvalue weighted by Gasteiger charge is 2.07. The highest BCUT2D eigenvalue weighted by atomic mass is 19.1. The molecule has 4 rings (SSSR count). The summed E-state index contributed by atoms with van der Waals surface area (Å²) >= 11 is 0. The summed E-state index contributed by atoms with van der Waals surface area (Å²) in [6.45, 7) is 0.911. The maximum absolute atomic E-state index is 13.0. The van der Waals surface area contributed by atoms with Gasteiger partial charge in [0, 0.05) is 17.5 Å². The summed E-state index contributed by atoms with van der Waals surface area (Å²) in [5.41, 5.74) is 2.81. The van der Waals surface area contributed by atoms with E-state index in [0.29, 0.717) is 13.2 Å². The highest BCUT2D eigenvalue weighted by Crippen LogP contribution is 2.26. The third-order valence-electron chi connectivity index (χ3n) is 4.63. The topological polar surface area (TPSA) is 43.4 Å². The molecule has 0 fully saturated rings. The molecule has 0 spiro atoms. The van der Waals surface area contributed by atoms with E-state index >= 15 is 0 Å². The molecule has 0 aliphatic carbocycles. The van der Waals surface area contributed by atoms with Gasteiger partial charge in [-0.3, -0.25) is 0 Å². The molecule has 4 nitrogen and oxygen atoms in total. The average Bonchev–Trinajstić information content (AvgIpc) is 2.77. The average molecular weight is 388 g/mol. The van der Waals surface area contributed by atoms with E-state index in [2.05, 4.69) is 10.3 Å². The second-order valence-electron chi connectivity index (χ2n) is 6.63. The van der Waals surface area contributed by atoms with Crippen molar-refractivity contribution in [2.75, 3.05) is 12.4 Å². The van der Waals surface area contributed by atoms with E-state index in [1.807, 2.05) is 54.6 Å². The Kier molecular flexibility index (Phi) is 5.56. The van der Waals surface area contributed by atoms with E-state index in [-0.39, 0.29) is 5.82 Å². The smallest absolute Gasteiger partial charge is 0.126 e. The van der Waals surface area contributed by atoms with Crippen molar-refractivity contribution in [3.63, 3.8) is 0 Å². The third kappa shape index (κ3) is 4.63. The number of benzene rings is 3. The molecule has 4 aromatic rings. The molecular formula is C24H21FN2O2. The van der Waals surface area contributed by atoms with Crippen LogP contribution in [0.25, 0.3) is 10.9 Å².